The van der Waals surface area contributed by atoms with E-state index in [0.29, 0.717) is 22.7 Å². The Morgan fingerprint density at radius 2 is 1.93 bits per heavy atom. The molecule has 0 spiro atoms. The minimum absolute atomic E-state index is 0.0643. The van der Waals surface area contributed by atoms with Crippen LogP contribution in [0.15, 0.2) is 48.0 Å². The maximum Gasteiger partial charge on any atom is 0.266 e. The van der Waals surface area contributed by atoms with Gasteiger partial charge in [0.25, 0.3) is 5.91 Å². The smallest absolute Gasteiger partial charge is 0.266 e. The van der Waals surface area contributed by atoms with E-state index in [1.54, 1.807) is 30.3 Å². The SMILES string of the molecule is CC(C)N1c2ccc(/C=C(/C#N)C(=O)Nc3ccc(Cl)cc3)cc2[C@H](C)CC1(C)C. The lowest BCUT2D eigenvalue weighted by atomic mass is 9.79. The third kappa shape index (κ3) is 4.52. The van der Waals surface area contributed by atoms with Gasteiger partial charge < -0.3 is 10.2 Å². The van der Waals surface area contributed by atoms with Gasteiger partial charge in [-0.25, -0.2) is 0 Å². The molecule has 30 heavy (non-hydrogen) atoms. The zero-order valence-corrected chi connectivity index (χ0v) is 18.9. The van der Waals surface area contributed by atoms with Crippen LogP contribution in [0.4, 0.5) is 11.4 Å². The number of rotatable bonds is 4. The number of hydrogen-bond acceptors (Lipinski definition) is 3. The summed E-state index contributed by atoms with van der Waals surface area (Å²) in [6.45, 7) is 11.2. The summed E-state index contributed by atoms with van der Waals surface area (Å²) < 4.78 is 0. The Hall–Kier alpha value is -2.77. The highest BCUT2D eigenvalue weighted by atomic mass is 35.5. The highest BCUT2D eigenvalue weighted by molar-refractivity contribution is 6.30. The second-order valence-corrected chi connectivity index (χ2v) is 9.27. The number of amides is 1. The van der Waals surface area contributed by atoms with E-state index in [4.69, 9.17) is 11.6 Å². The summed E-state index contributed by atoms with van der Waals surface area (Å²) in [5.74, 6) is -0.0395. The summed E-state index contributed by atoms with van der Waals surface area (Å²) in [5.41, 5.74) is 4.08. The van der Waals surface area contributed by atoms with Crippen molar-refractivity contribution >= 4 is 35.0 Å². The van der Waals surface area contributed by atoms with Crippen LogP contribution in [0.25, 0.3) is 6.08 Å². The average molecular weight is 422 g/mol. The number of carbonyl (C=O) groups is 1. The number of fused-ring (bicyclic) bond motifs is 1. The van der Waals surface area contributed by atoms with Gasteiger partial charge in [0.05, 0.1) is 0 Å². The molecule has 1 atom stereocenters. The van der Waals surface area contributed by atoms with E-state index in [-0.39, 0.29) is 11.1 Å². The second kappa shape index (κ2) is 8.53. The van der Waals surface area contributed by atoms with Crippen LogP contribution in [0.1, 0.15) is 58.1 Å². The van der Waals surface area contributed by atoms with Crippen molar-refractivity contribution in [1.29, 1.82) is 5.26 Å². The molecule has 1 N–H and O–H groups in total. The average Bonchev–Trinajstić information content (AvgIpc) is 2.67. The number of anilines is 2. The molecule has 2 aromatic carbocycles. The van der Waals surface area contributed by atoms with Crippen LogP contribution in [-0.4, -0.2) is 17.5 Å². The number of nitrogens with zero attached hydrogens (tertiary/aromatic N) is 2. The highest BCUT2D eigenvalue weighted by Crippen LogP contribution is 2.44. The predicted octanol–water partition coefficient (Wildman–Crippen LogP) is 6.39. The van der Waals surface area contributed by atoms with Crippen molar-refractivity contribution in [2.75, 3.05) is 10.2 Å². The minimum atomic E-state index is -0.435. The van der Waals surface area contributed by atoms with Crippen molar-refractivity contribution in [3.63, 3.8) is 0 Å². The van der Waals surface area contributed by atoms with Crippen molar-refractivity contribution in [3.05, 3.63) is 64.2 Å². The first-order valence-corrected chi connectivity index (χ1v) is 10.6. The molecule has 0 bridgehead atoms. The van der Waals surface area contributed by atoms with Crippen LogP contribution in [0.5, 0.6) is 0 Å². The molecule has 1 heterocycles. The summed E-state index contributed by atoms with van der Waals surface area (Å²) in [7, 11) is 0. The topological polar surface area (TPSA) is 56.1 Å². The Balaban J connectivity index is 1.91. The van der Waals surface area contributed by atoms with Crippen molar-refractivity contribution in [2.45, 2.75) is 58.5 Å². The van der Waals surface area contributed by atoms with Gasteiger partial charge in [-0.1, -0.05) is 24.6 Å². The molecule has 4 nitrogen and oxygen atoms in total. The molecule has 0 unspecified atom stereocenters. The zero-order chi connectivity index (χ0) is 22.1. The molecule has 5 heteroatoms. The van der Waals surface area contributed by atoms with Gasteiger partial charge in [0.1, 0.15) is 11.6 Å². The molecule has 1 amide bonds. The molecule has 2 aromatic rings. The van der Waals surface area contributed by atoms with Crippen LogP contribution in [0.3, 0.4) is 0 Å². The number of carbonyl (C=O) groups excluding carboxylic acids is 1. The van der Waals surface area contributed by atoms with E-state index in [1.165, 1.54) is 11.3 Å². The van der Waals surface area contributed by atoms with Crippen molar-refractivity contribution in [2.24, 2.45) is 0 Å². The van der Waals surface area contributed by atoms with Crippen LogP contribution in [-0.2, 0) is 4.79 Å². The molecule has 0 aromatic heterocycles. The van der Waals surface area contributed by atoms with E-state index in [0.717, 1.165) is 12.0 Å². The standard InChI is InChI=1S/C25H28ClN3O/c1-16(2)29-23-11-6-18(13-22(23)17(3)14-25(29,4)5)12-19(15-27)24(30)28-21-9-7-20(26)8-10-21/h6-13,16-17H,14H2,1-5H3,(H,28,30)/b19-12-/t17-/m1/s1. The third-order valence-corrected chi connectivity index (χ3v) is 5.85. The molecule has 0 aliphatic carbocycles. The lowest BCUT2D eigenvalue weighted by molar-refractivity contribution is -0.112. The maximum absolute atomic E-state index is 12.6. The second-order valence-electron chi connectivity index (χ2n) is 8.83. The lowest BCUT2D eigenvalue weighted by Gasteiger charge is -2.50. The van der Waals surface area contributed by atoms with Crippen LogP contribution in [0, 0.1) is 11.3 Å². The van der Waals surface area contributed by atoms with E-state index in [2.05, 4.69) is 57.0 Å². The largest absolute Gasteiger partial charge is 0.364 e. The van der Waals surface area contributed by atoms with Crippen LogP contribution >= 0.6 is 11.6 Å². The van der Waals surface area contributed by atoms with Crippen LogP contribution in [0.2, 0.25) is 5.02 Å². The number of hydrogen-bond donors (Lipinski definition) is 1. The van der Waals surface area contributed by atoms with Gasteiger partial charge in [0, 0.05) is 28.0 Å². The van der Waals surface area contributed by atoms with Gasteiger partial charge >= 0.3 is 0 Å². The summed E-state index contributed by atoms with van der Waals surface area (Å²) in [4.78, 5) is 15.0. The van der Waals surface area contributed by atoms with Crippen molar-refractivity contribution in [1.82, 2.24) is 0 Å². The fourth-order valence-corrected chi connectivity index (χ4v) is 4.71. The Morgan fingerprint density at radius 1 is 1.27 bits per heavy atom. The molecular formula is C25H28ClN3O. The highest BCUT2D eigenvalue weighted by Gasteiger charge is 2.37. The summed E-state index contributed by atoms with van der Waals surface area (Å²) >= 11 is 5.88. The fraction of sp³-hybridized carbons (Fsp3) is 0.360. The Bertz CT molecular complexity index is 1020. The van der Waals surface area contributed by atoms with Crippen molar-refractivity contribution in [3.8, 4) is 6.07 Å². The van der Waals surface area contributed by atoms with E-state index >= 15 is 0 Å². The van der Waals surface area contributed by atoms with Gasteiger partial charge in [-0.3, -0.25) is 4.79 Å². The van der Waals surface area contributed by atoms with Gasteiger partial charge in [-0.05, 0) is 93.6 Å². The van der Waals surface area contributed by atoms with E-state index in [1.807, 2.05) is 12.1 Å². The first-order valence-electron chi connectivity index (χ1n) is 10.2. The molecule has 0 radical (unpaired) electrons. The summed E-state index contributed by atoms with van der Waals surface area (Å²) in [6, 6.07) is 15.4. The first kappa shape index (κ1) is 21.9. The number of nitrogens with one attached hydrogen (secondary N) is 1. The number of halogens is 1. The molecule has 0 saturated heterocycles. The van der Waals surface area contributed by atoms with Gasteiger partial charge in [-0.2, -0.15) is 5.26 Å². The van der Waals surface area contributed by atoms with E-state index < -0.39 is 5.91 Å². The molecule has 0 saturated carbocycles. The van der Waals surface area contributed by atoms with Gasteiger partial charge in [0.15, 0.2) is 0 Å². The zero-order valence-electron chi connectivity index (χ0n) is 18.2. The summed E-state index contributed by atoms with van der Waals surface area (Å²) in [5, 5.41) is 12.9. The fourth-order valence-electron chi connectivity index (χ4n) is 4.58. The molecular weight excluding hydrogens is 394 g/mol. The van der Waals surface area contributed by atoms with E-state index in [9.17, 15) is 10.1 Å². The quantitative estimate of drug-likeness (QED) is 0.459. The summed E-state index contributed by atoms with van der Waals surface area (Å²) in [6.07, 6.45) is 2.70. The molecule has 1 aliphatic rings. The maximum atomic E-state index is 12.6. The number of benzene rings is 2. The van der Waals surface area contributed by atoms with Gasteiger partial charge in [-0.15, -0.1) is 0 Å². The normalized spacial score (nSPS) is 18.0. The minimum Gasteiger partial charge on any atom is -0.364 e. The van der Waals surface area contributed by atoms with Crippen molar-refractivity contribution < 1.29 is 4.79 Å². The Kier molecular flexibility index (Phi) is 6.24. The first-order chi connectivity index (χ1) is 14.1. The molecule has 156 valence electrons. The number of nitriles is 1. The Labute approximate surface area is 184 Å². The predicted molar refractivity (Wildman–Crippen MR) is 125 cm³/mol. The molecule has 1 aliphatic heterocycles. The third-order valence-electron chi connectivity index (χ3n) is 5.59. The van der Waals surface area contributed by atoms with Gasteiger partial charge in [0.2, 0.25) is 0 Å². The molecule has 0 fully saturated rings. The Morgan fingerprint density at radius 3 is 2.53 bits per heavy atom. The van der Waals surface area contributed by atoms with Crippen LogP contribution < -0.4 is 10.2 Å². The monoisotopic (exact) mass is 421 g/mol. The molecule has 3 rings (SSSR count). The lowest BCUT2D eigenvalue weighted by Crippen LogP contribution is -2.51.